The van der Waals surface area contributed by atoms with E-state index < -0.39 is 0 Å². The Balaban J connectivity index is 1.43. The lowest BCUT2D eigenvalue weighted by atomic mass is 9.96. The van der Waals surface area contributed by atoms with Gasteiger partial charge in [0.2, 0.25) is 0 Å². The molecule has 0 spiro atoms. The van der Waals surface area contributed by atoms with Gasteiger partial charge in [-0.3, -0.25) is 4.99 Å². The molecule has 3 heterocycles. The number of ether oxygens (including phenoxy) is 1. The van der Waals surface area contributed by atoms with E-state index in [2.05, 4.69) is 69.0 Å². The molecule has 0 unspecified atom stereocenters. The number of nitrogens with zero attached hydrogens (tertiary/aromatic N) is 4. The number of aromatic nitrogens is 2. The second-order valence-corrected chi connectivity index (χ2v) is 7.43. The van der Waals surface area contributed by atoms with Gasteiger partial charge in [-0.1, -0.05) is 30.3 Å². The molecule has 2 aliphatic heterocycles. The van der Waals surface area contributed by atoms with E-state index in [0.29, 0.717) is 13.3 Å². The molecule has 0 fully saturated rings. The summed E-state index contributed by atoms with van der Waals surface area (Å²) < 4.78 is 7.89. The first-order valence-electron chi connectivity index (χ1n) is 10.0. The summed E-state index contributed by atoms with van der Waals surface area (Å²) in [7, 11) is 0. The van der Waals surface area contributed by atoms with E-state index in [1.54, 1.807) is 0 Å². The van der Waals surface area contributed by atoms with E-state index in [9.17, 15) is 0 Å². The van der Waals surface area contributed by atoms with E-state index in [1.165, 1.54) is 22.5 Å². The Hall–Kier alpha value is -3.18. The highest BCUT2D eigenvalue weighted by molar-refractivity contribution is 6.04. The SMILES string of the molecule is Cc1nccn1-c1ccc(N2CN=C(Cc3ccccc3)C3=C2CCOC3)cc1. The molecule has 5 rings (SSSR count). The van der Waals surface area contributed by atoms with Crippen LogP contribution in [0, 0.1) is 6.92 Å². The van der Waals surface area contributed by atoms with Crippen molar-refractivity contribution in [1.82, 2.24) is 9.55 Å². The molecule has 0 bridgehead atoms. The van der Waals surface area contributed by atoms with E-state index in [0.717, 1.165) is 36.7 Å². The highest BCUT2D eigenvalue weighted by atomic mass is 16.5. The fourth-order valence-electron chi connectivity index (χ4n) is 4.10. The van der Waals surface area contributed by atoms with Crippen molar-refractivity contribution in [2.24, 2.45) is 4.99 Å². The third kappa shape index (κ3) is 3.49. The van der Waals surface area contributed by atoms with Crippen LogP contribution >= 0.6 is 0 Å². The quantitative estimate of drug-likeness (QED) is 0.673. The second-order valence-electron chi connectivity index (χ2n) is 7.43. The smallest absolute Gasteiger partial charge is 0.114 e. The van der Waals surface area contributed by atoms with Crippen molar-refractivity contribution >= 4 is 11.4 Å². The number of hydrogen-bond acceptors (Lipinski definition) is 4. The molecule has 29 heavy (non-hydrogen) atoms. The van der Waals surface area contributed by atoms with Crippen LogP contribution < -0.4 is 4.90 Å². The second kappa shape index (κ2) is 7.68. The summed E-state index contributed by atoms with van der Waals surface area (Å²) in [6.07, 6.45) is 5.60. The topological polar surface area (TPSA) is 42.7 Å². The van der Waals surface area contributed by atoms with E-state index in [1.807, 2.05) is 19.3 Å². The molecular weight excluding hydrogens is 360 g/mol. The Morgan fingerprint density at radius 3 is 2.55 bits per heavy atom. The van der Waals surface area contributed by atoms with Crippen molar-refractivity contribution < 1.29 is 4.74 Å². The van der Waals surface area contributed by atoms with Crippen molar-refractivity contribution in [1.29, 1.82) is 0 Å². The predicted molar refractivity (Wildman–Crippen MR) is 116 cm³/mol. The zero-order valence-corrected chi connectivity index (χ0v) is 16.6. The monoisotopic (exact) mass is 384 g/mol. The molecule has 0 N–H and O–H groups in total. The summed E-state index contributed by atoms with van der Waals surface area (Å²) in [5.74, 6) is 0.986. The average molecular weight is 384 g/mol. The average Bonchev–Trinajstić information content (AvgIpc) is 3.21. The van der Waals surface area contributed by atoms with Gasteiger partial charge in [-0.2, -0.15) is 0 Å². The largest absolute Gasteiger partial charge is 0.376 e. The van der Waals surface area contributed by atoms with E-state index >= 15 is 0 Å². The van der Waals surface area contributed by atoms with Gasteiger partial charge >= 0.3 is 0 Å². The minimum Gasteiger partial charge on any atom is -0.376 e. The van der Waals surface area contributed by atoms with Crippen LogP contribution in [0.4, 0.5) is 5.69 Å². The van der Waals surface area contributed by atoms with Crippen LogP contribution in [0.15, 0.2) is 83.3 Å². The lowest BCUT2D eigenvalue weighted by molar-refractivity contribution is 0.148. The number of imidazole rings is 1. The summed E-state index contributed by atoms with van der Waals surface area (Å²) in [5.41, 5.74) is 7.34. The lowest BCUT2D eigenvalue weighted by Gasteiger charge is -2.35. The van der Waals surface area contributed by atoms with Crippen molar-refractivity contribution in [3.05, 3.63) is 89.6 Å². The Bertz CT molecular complexity index is 1060. The van der Waals surface area contributed by atoms with Gasteiger partial charge in [-0.25, -0.2) is 4.98 Å². The number of rotatable bonds is 4. The van der Waals surface area contributed by atoms with Crippen molar-refractivity contribution in [3.8, 4) is 5.69 Å². The summed E-state index contributed by atoms with van der Waals surface area (Å²) in [6.45, 7) is 4.08. The van der Waals surface area contributed by atoms with Crippen LogP contribution in [0.2, 0.25) is 0 Å². The van der Waals surface area contributed by atoms with Crippen LogP contribution in [0.3, 0.4) is 0 Å². The fraction of sp³-hybridized carbons (Fsp3) is 0.250. The molecule has 5 nitrogen and oxygen atoms in total. The molecule has 146 valence electrons. The molecule has 0 amide bonds. The number of aliphatic imine (C=N–C) groups is 1. The van der Waals surface area contributed by atoms with Crippen LogP contribution in [-0.4, -0.2) is 35.1 Å². The summed E-state index contributed by atoms with van der Waals surface area (Å²) >= 11 is 0. The van der Waals surface area contributed by atoms with Gasteiger partial charge in [0.25, 0.3) is 0 Å². The van der Waals surface area contributed by atoms with Crippen LogP contribution in [0.1, 0.15) is 17.8 Å². The minimum atomic E-state index is 0.643. The van der Waals surface area contributed by atoms with Gasteiger partial charge in [0.05, 0.1) is 13.2 Å². The predicted octanol–water partition coefficient (Wildman–Crippen LogP) is 4.32. The molecule has 0 saturated carbocycles. The van der Waals surface area contributed by atoms with Crippen LogP contribution in [-0.2, 0) is 11.2 Å². The Morgan fingerprint density at radius 2 is 1.79 bits per heavy atom. The molecule has 3 aromatic rings. The maximum absolute atomic E-state index is 5.80. The molecule has 2 aliphatic rings. The van der Waals surface area contributed by atoms with Gasteiger partial charge in [0.1, 0.15) is 12.5 Å². The van der Waals surface area contributed by atoms with Crippen molar-refractivity contribution in [2.75, 3.05) is 24.8 Å². The normalized spacial score (nSPS) is 16.6. The first kappa shape index (κ1) is 17.9. The lowest BCUT2D eigenvalue weighted by Crippen LogP contribution is -2.35. The molecule has 0 saturated heterocycles. The summed E-state index contributed by atoms with van der Waals surface area (Å²) in [4.78, 5) is 11.6. The highest BCUT2D eigenvalue weighted by Crippen LogP contribution is 2.31. The summed E-state index contributed by atoms with van der Waals surface area (Å²) in [5, 5.41) is 0. The van der Waals surface area contributed by atoms with E-state index in [4.69, 9.17) is 9.73 Å². The molecule has 0 aliphatic carbocycles. The van der Waals surface area contributed by atoms with E-state index in [-0.39, 0.29) is 0 Å². The Kier molecular flexibility index (Phi) is 4.74. The Labute approximate surface area is 171 Å². The maximum atomic E-state index is 5.80. The standard InChI is InChI=1S/C24H24N4O/c1-18-25-12-13-27(18)20-7-9-21(10-8-20)28-17-26-23(15-19-5-3-2-4-6-19)22-16-29-14-11-24(22)28/h2-10,12-13H,11,14-17H2,1H3. The van der Waals surface area contributed by atoms with Gasteiger partial charge in [-0.15, -0.1) is 0 Å². The van der Waals surface area contributed by atoms with Crippen molar-refractivity contribution in [3.63, 3.8) is 0 Å². The third-order valence-corrected chi connectivity index (χ3v) is 5.63. The number of anilines is 1. The van der Waals surface area contributed by atoms with Crippen LogP contribution in [0.25, 0.3) is 5.69 Å². The summed E-state index contributed by atoms with van der Waals surface area (Å²) in [6, 6.07) is 19.2. The highest BCUT2D eigenvalue weighted by Gasteiger charge is 2.27. The fourth-order valence-corrected chi connectivity index (χ4v) is 4.10. The maximum Gasteiger partial charge on any atom is 0.114 e. The number of aryl methyl sites for hydroxylation is 1. The minimum absolute atomic E-state index is 0.643. The zero-order valence-electron chi connectivity index (χ0n) is 16.6. The van der Waals surface area contributed by atoms with Crippen molar-refractivity contribution in [2.45, 2.75) is 19.8 Å². The zero-order chi connectivity index (χ0) is 19.6. The molecule has 0 atom stereocenters. The van der Waals surface area contributed by atoms with Gasteiger partial charge in [-0.05, 0) is 36.8 Å². The third-order valence-electron chi connectivity index (χ3n) is 5.63. The number of hydrogen-bond donors (Lipinski definition) is 0. The first-order valence-corrected chi connectivity index (χ1v) is 10.0. The molecule has 5 heteroatoms. The van der Waals surface area contributed by atoms with Gasteiger partial charge in [0, 0.05) is 53.6 Å². The van der Waals surface area contributed by atoms with Crippen LogP contribution in [0.5, 0.6) is 0 Å². The molecular formula is C24H24N4O. The molecule has 0 radical (unpaired) electrons. The molecule has 2 aromatic carbocycles. The van der Waals surface area contributed by atoms with Gasteiger partial charge in [0.15, 0.2) is 0 Å². The first-order chi connectivity index (χ1) is 14.3. The van der Waals surface area contributed by atoms with Gasteiger partial charge < -0.3 is 14.2 Å². The molecule has 1 aromatic heterocycles. The number of benzene rings is 2. The Morgan fingerprint density at radius 1 is 1.00 bits per heavy atom.